The molecule has 3 rings (SSSR count). The molecule has 0 atom stereocenters. The first kappa shape index (κ1) is 13.8. The van der Waals surface area contributed by atoms with Crippen molar-refractivity contribution in [2.24, 2.45) is 5.73 Å². The van der Waals surface area contributed by atoms with Gasteiger partial charge in [-0.3, -0.25) is 0 Å². The van der Waals surface area contributed by atoms with Crippen molar-refractivity contribution in [1.29, 1.82) is 0 Å². The standard InChI is InChI=1S/C17H22N2S/c1-11-7-8-14(9-12(11)2)16-17(13-5-3-4-6-13)20-15(10-18)19-16/h7-9,13H,3-6,10,18H2,1-2H3. The maximum Gasteiger partial charge on any atom is 0.107 e. The Kier molecular flexibility index (Phi) is 3.90. The molecule has 1 saturated carbocycles. The first-order valence-corrected chi connectivity index (χ1v) is 8.28. The molecule has 2 N–H and O–H groups in total. The van der Waals surface area contributed by atoms with Gasteiger partial charge >= 0.3 is 0 Å². The minimum absolute atomic E-state index is 0.551. The summed E-state index contributed by atoms with van der Waals surface area (Å²) in [6, 6.07) is 6.67. The summed E-state index contributed by atoms with van der Waals surface area (Å²) in [4.78, 5) is 6.27. The minimum Gasteiger partial charge on any atom is -0.325 e. The highest BCUT2D eigenvalue weighted by Gasteiger charge is 2.24. The van der Waals surface area contributed by atoms with E-state index in [1.54, 1.807) is 0 Å². The van der Waals surface area contributed by atoms with Gasteiger partial charge in [-0.15, -0.1) is 11.3 Å². The average molecular weight is 286 g/mol. The van der Waals surface area contributed by atoms with E-state index in [0.717, 1.165) is 5.01 Å². The van der Waals surface area contributed by atoms with Gasteiger partial charge in [0.15, 0.2) is 0 Å². The topological polar surface area (TPSA) is 38.9 Å². The zero-order valence-electron chi connectivity index (χ0n) is 12.3. The van der Waals surface area contributed by atoms with E-state index in [-0.39, 0.29) is 0 Å². The average Bonchev–Trinajstić information content (AvgIpc) is 3.09. The third kappa shape index (κ3) is 2.52. The fourth-order valence-corrected chi connectivity index (χ4v) is 4.16. The Morgan fingerprint density at radius 3 is 2.60 bits per heavy atom. The first-order chi connectivity index (χ1) is 9.69. The molecule has 0 saturated heterocycles. The van der Waals surface area contributed by atoms with E-state index in [1.165, 1.54) is 52.9 Å². The molecule has 0 bridgehead atoms. The summed E-state index contributed by atoms with van der Waals surface area (Å²) in [6.45, 7) is 4.88. The predicted molar refractivity (Wildman–Crippen MR) is 86.1 cm³/mol. The van der Waals surface area contributed by atoms with Crippen LogP contribution in [0.15, 0.2) is 18.2 Å². The van der Waals surface area contributed by atoms with Gasteiger partial charge in [-0.25, -0.2) is 4.98 Å². The third-order valence-corrected chi connectivity index (χ3v) is 5.62. The molecule has 20 heavy (non-hydrogen) atoms. The Balaban J connectivity index is 2.06. The molecule has 1 aromatic carbocycles. The quantitative estimate of drug-likeness (QED) is 0.899. The number of rotatable bonds is 3. The van der Waals surface area contributed by atoms with Gasteiger partial charge in [0.25, 0.3) is 0 Å². The lowest BCUT2D eigenvalue weighted by Gasteiger charge is -2.10. The molecule has 3 heteroatoms. The zero-order valence-corrected chi connectivity index (χ0v) is 13.1. The van der Waals surface area contributed by atoms with Crippen LogP contribution in [0.5, 0.6) is 0 Å². The fourth-order valence-electron chi connectivity index (χ4n) is 3.03. The van der Waals surface area contributed by atoms with Crippen LogP contribution in [0.25, 0.3) is 11.3 Å². The summed E-state index contributed by atoms with van der Waals surface area (Å²) in [5, 5.41) is 1.07. The second-order valence-electron chi connectivity index (χ2n) is 5.81. The van der Waals surface area contributed by atoms with E-state index in [2.05, 4.69) is 32.0 Å². The van der Waals surface area contributed by atoms with Crippen molar-refractivity contribution in [2.45, 2.75) is 52.0 Å². The molecule has 2 nitrogen and oxygen atoms in total. The SMILES string of the molecule is Cc1ccc(-c2nc(CN)sc2C2CCCC2)cc1C. The van der Waals surface area contributed by atoms with Crippen LogP contribution in [0, 0.1) is 13.8 Å². The number of benzene rings is 1. The number of nitrogens with zero attached hydrogens (tertiary/aromatic N) is 1. The smallest absolute Gasteiger partial charge is 0.107 e. The lowest BCUT2D eigenvalue weighted by atomic mass is 9.99. The molecule has 1 aliphatic rings. The van der Waals surface area contributed by atoms with Gasteiger partial charge < -0.3 is 5.73 Å². The monoisotopic (exact) mass is 286 g/mol. The Hall–Kier alpha value is -1.19. The van der Waals surface area contributed by atoms with E-state index in [1.807, 2.05) is 11.3 Å². The van der Waals surface area contributed by atoms with Crippen molar-refractivity contribution in [2.75, 3.05) is 0 Å². The van der Waals surface area contributed by atoms with E-state index >= 15 is 0 Å². The normalized spacial score (nSPS) is 15.9. The van der Waals surface area contributed by atoms with Crippen LogP contribution in [0.1, 0.15) is 52.6 Å². The van der Waals surface area contributed by atoms with E-state index in [0.29, 0.717) is 12.5 Å². The molecule has 0 radical (unpaired) electrons. The summed E-state index contributed by atoms with van der Waals surface area (Å²) in [7, 11) is 0. The van der Waals surface area contributed by atoms with Crippen molar-refractivity contribution in [3.8, 4) is 11.3 Å². The predicted octanol–water partition coefficient (Wildman–Crippen LogP) is 4.54. The molecule has 2 aromatic rings. The van der Waals surface area contributed by atoms with Crippen molar-refractivity contribution in [3.63, 3.8) is 0 Å². The van der Waals surface area contributed by atoms with Crippen molar-refractivity contribution < 1.29 is 0 Å². The third-order valence-electron chi connectivity index (χ3n) is 4.38. The molecular weight excluding hydrogens is 264 g/mol. The van der Waals surface area contributed by atoms with Crippen molar-refractivity contribution in [1.82, 2.24) is 4.98 Å². The van der Waals surface area contributed by atoms with Crippen molar-refractivity contribution in [3.05, 3.63) is 39.2 Å². The van der Waals surface area contributed by atoms with Crippen LogP contribution < -0.4 is 5.73 Å². The second-order valence-corrected chi connectivity index (χ2v) is 6.92. The van der Waals surface area contributed by atoms with Gasteiger partial charge in [-0.1, -0.05) is 25.0 Å². The Morgan fingerprint density at radius 1 is 1.20 bits per heavy atom. The van der Waals surface area contributed by atoms with Gasteiger partial charge in [0.1, 0.15) is 5.01 Å². The molecule has 1 heterocycles. The van der Waals surface area contributed by atoms with Gasteiger partial charge in [0.2, 0.25) is 0 Å². The lowest BCUT2D eigenvalue weighted by molar-refractivity contribution is 0.738. The molecule has 1 fully saturated rings. The highest BCUT2D eigenvalue weighted by atomic mass is 32.1. The minimum atomic E-state index is 0.551. The maximum absolute atomic E-state index is 5.81. The van der Waals surface area contributed by atoms with E-state index < -0.39 is 0 Å². The molecule has 0 aliphatic heterocycles. The van der Waals surface area contributed by atoms with Gasteiger partial charge in [-0.05, 0) is 49.8 Å². The summed E-state index contributed by atoms with van der Waals surface area (Å²) in [5.41, 5.74) is 10.9. The number of aryl methyl sites for hydroxylation is 2. The van der Waals surface area contributed by atoms with E-state index in [4.69, 9.17) is 10.7 Å². The zero-order chi connectivity index (χ0) is 14.1. The van der Waals surface area contributed by atoms with Crippen LogP contribution in [-0.2, 0) is 6.54 Å². The highest BCUT2D eigenvalue weighted by molar-refractivity contribution is 7.12. The Morgan fingerprint density at radius 2 is 1.95 bits per heavy atom. The molecule has 106 valence electrons. The Labute approximate surface area is 125 Å². The van der Waals surface area contributed by atoms with Crippen LogP contribution in [0.3, 0.4) is 0 Å². The van der Waals surface area contributed by atoms with Crippen LogP contribution in [0.2, 0.25) is 0 Å². The fraction of sp³-hybridized carbons (Fsp3) is 0.471. The van der Waals surface area contributed by atoms with Gasteiger partial charge in [0.05, 0.1) is 5.69 Å². The summed E-state index contributed by atoms with van der Waals surface area (Å²) in [6.07, 6.45) is 5.33. The lowest BCUT2D eigenvalue weighted by Crippen LogP contribution is -1.95. The number of hydrogen-bond donors (Lipinski definition) is 1. The number of thiazole rings is 1. The summed E-state index contributed by atoms with van der Waals surface area (Å²) in [5.74, 6) is 0.699. The molecule has 1 aromatic heterocycles. The van der Waals surface area contributed by atoms with Crippen molar-refractivity contribution >= 4 is 11.3 Å². The van der Waals surface area contributed by atoms with Crippen LogP contribution in [0.4, 0.5) is 0 Å². The van der Waals surface area contributed by atoms with Crippen LogP contribution in [-0.4, -0.2) is 4.98 Å². The van der Waals surface area contributed by atoms with Gasteiger partial charge in [-0.2, -0.15) is 0 Å². The van der Waals surface area contributed by atoms with E-state index in [9.17, 15) is 0 Å². The Bertz CT molecular complexity index is 609. The second kappa shape index (κ2) is 5.66. The number of aromatic nitrogens is 1. The highest BCUT2D eigenvalue weighted by Crippen LogP contribution is 2.42. The number of hydrogen-bond acceptors (Lipinski definition) is 3. The van der Waals surface area contributed by atoms with Crippen LogP contribution >= 0.6 is 11.3 Å². The molecule has 0 spiro atoms. The molecule has 0 amide bonds. The summed E-state index contributed by atoms with van der Waals surface area (Å²) >= 11 is 1.83. The molecule has 0 unspecified atom stereocenters. The molecular formula is C17H22N2S. The summed E-state index contributed by atoms with van der Waals surface area (Å²) < 4.78 is 0. The maximum atomic E-state index is 5.81. The largest absolute Gasteiger partial charge is 0.325 e. The molecule has 1 aliphatic carbocycles. The number of nitrogens with two attached hydrogens (primary N) is 1. The van der Waals surface area contributed by atoms with Gasteiger partial charge in [0, 0.05) is 17.0 Å². The first-order valence-electron chi connectivity index (χ1n) is 7.46.